The van der Waals surface area contributed by atoms with Gasteiger partial charge in [0.1, 0.15) is 0 Å². The number of hydrogen-bond acceptors (Lipinski definition) is 2. The van der Waals surface area contributed by atoms with Gasteiger partial charge < -0.3 is 5.32 Å². The first kappa shape index (κ1) is 16.0. The van der Waals surface area contributed by atoms with E-state index in [1.54, 1.807) is 0 Å². The highest BCUT2D eigenvalue weighted by Crippen LogP contribution is 2.29. The highest BCUT2D eigenvalue weighted by molar-refractivity contribution is 9.10. The van der Waals surface area contributed by atoms with Gasteiger partial charge in [-0.3, -0.25) is 4.68 Å². The molecule has 0 unspecified atom stereocenters. The van der Waals surface area contributed by atoms with Crippen LogP contribution >= 0.6 is 15.9 Å². The first-order chi connectivity index (χ1) is 9.90. The molecule has 1 heterocycles. The van der Waals surface area contributed by atoms with Gasteiger partial charge in [0.2, 0.25) is 0 Å². The Morgan fingerprint density at radius 3 is 2.67 bits per heavy atom. The van der Waals surface area contributed by atoms with Crippen molar-refractivity contribution in [3.05, 3.63) is 51.8 Å². The topological polar surface area (TPSA) is 29.9 Å². The normalized spacial score (nSPS) is 11.9. The third kappa shape index (κ3) is 4.31. The largest absolute Gasteiger partial charge is 0.419 e. The highest BCUT2D eigenvalue weighted by atomic mass is 79.9. The van der Waals surface area contributed by atoms with Crippen LogP contribution in [0, 0.1) is 0 Å². The molecule has 0 fully saturated rings. The van der Waals surface area contributed by atoms with Crippen LogP contribution in [0.2, 0.25) is 0 Å². The zero-order valence-electron chi connectivity index (χ0n) is 11.4. The van der Waals surface area contributed by atoms with Crippen molar-refractivity contribution in [1.29, 1.82) is 0 Å². The average molecular weight is 362 g/mol. The first-order valence-electron chi connectivity index (χ1n) is 6.48. The van der Waals surface area contributed by atoms with Crippen LogP contribution in [0.1, 0.15) is 23.6 Å². The fourth-order valence-electron chi connectivity index (χ4n) is 1.87. The van der Waals surface area contributed by atoms with Gasteiger partial charge in [0.25, 0.3) is 0 Å². The second-order valence-corrected chi connectivity index (χ2v) is 5.48. The minimum absolute atomic E-state index is 0.290. The Bertz CT molecular complexity index is 608. The van der Waals surface area contributed by atoms with E-state index in [0.29, 0.717) is 0 Å². The molecule has 1 aromatic heterocycles. The monoisotopic (exact) mass is 361 g/mol. The third-order valence-corrected chi connectivity index (χ3v) is 3.73. The molecule has 0 amide bonds. The van der Waals surface area contributed by atoms with Gasteiger partial charge in [0.05, 0.1) is 18.3 Å². The maximum Gasteiger partial charge on any atom is 0.419 e. The maximum absolute atomic E-state index is 12.5. The minimum Gasteiger partial charge on any atom is -0.313 e. The summed E-state index contributed by atoms with van der Waals surface area (Å²) in [5.74, 6) is 0. The molecule has 0 saturated heterocycles. The molecule has 2 rings (SSSR count). The predicted octanol–water partition coefficient (Wildman–Crippen LogP) is 3.82. The number of rotatable bonds is 5. The molecule has 0 aliphatic rings. The molecule has 0 aliphatic heterocycles. The van der Waals surface area contributed by atoms with Crippen LogP contribution in [0.5, 0.6) is 0 Å². The summed E-state index contributed by atoms with van der Waals surface area (Å²) < 4.78 is 39.7. The van der Waals surface area contributed by atoms with E-state index >= 15 is 0 Å². The summed E-state index contributed by atoms with van der Waals surface area (Å²) in [5.41, 5.74) is 1.26. The van der Waals surface area contributed by atoms with Gasteiger partial charge in [0, 0.05) is 17.2 Å². The fourth-order valence-corrected chi connectivity index (χ4v) is 2.42. The molecular weight excluding hydrogens is 347 g/mol. The van der Waals surface area contributed by atoms with Gasteiger partial charge in [-0.25, -0.2) is 0 Å². The van der Waals surface area contributed by atoms with E-state index in [2.05, 4.69) is 26.3 Å². The summed E-state index contributed by atoms with van der Waals surface area (Å²) in [4.78, 5) is 0. The van der Waals surface area contributed by atoms with Crippen molar-refractivity contribution >= 4 is 15.9 Å². The number of alkyl halides is 3. The molecule has 1 N–H and O–H groups in total. The second kappa shape index (κ2) is 6.62. The molecule has 7 heteroatoms. The lowest BCUT2D eigenvalue weighted by Gasteiger charge is -2.08. The van der Waals surface area contributed by atoms with Crippen molar-refractivity contribution in [2.45, 2.75) is 26.2 Å². The zero-order valence-corrected chi connectivity index (χ0v) is 13.0. The van der Waals surface area contributed by atoms with Crippen LogP contribution in [0.4, 0.5) is 13.2 Å². The molecule has 3 nitrogen and oxygen atoms in total. The number of nitrogens with zero attached hydrogens (tertiary/aromatic N) is 2. The molecule has 0 saturated carbocycles. The highest BCUT2D eigenvalue weighted by Gasteiger charge is 2.32. The molecule has 21 heavy (non-hydrogen) atoms. The van der Waals surface area contributed by atoms with Crippen molar-refractivity contribution in [2.75, 3.05) is 6.54 Å². The molecule has 2 aromatic rings. The van der Waals surface area contributed by atoms with E-state index < -0.39 is 11.7 Å². The summed E-state index contributed by atoms with van der Waals surface area (Å²) in [6.45, 7) is 3.96. The zero-order chi connectivity index (χ0) is 15.5. The van der Waals surface area contributed by atoms with E-state index in [1.807, 2.05) is 25.1 Å². The van der Waals surface area contributed by atoms with E-state index in [-0.39, 0.29) is 6.54 Å². The standard InChI is InChI=1S/C14H15BrF3N3/c1-2-19-6-10-3-4-11(13(15)5-10)8-21-9-12(7-20-21)14(16,17)18/h3-5,7,9,19H,2,6,8H2,1H3. The number of benzene rings is 1. The van der Waals surface area contributed by atoms with E-state index in [9.17, 15) is 13.2 Å². The van der Waals surface area contributed by atoms with Crippen molar-refractivity contribution in [2.24, 2.45) is 0 Å². The van der Waals surface area contributed by atoms with Crippen LogP contribution in [-0.4, -0.2) is 16.3 Å². The summed E-state index contributed by atoms with van der Waals surface area (Å²) in [6, 6.07) is 5.81. The van der Waals surface area contributed by atoms with Gasteiger partial charge in [-0.05, 0) is 23.7 Å². The summed E-state index contributed by atoms with van der Waals surface area (Å²) in [6.07, 6.45) is -2.50. The van der Waals surface area contributed by atoms with E-state index in [4.69, 9.17) is 0 Å². The molecular formula is C14H15BrF3N3. The van der Waals surface area contributed by atoms with Crippen molar-refractivity contribution in [3.8, 4) is 0 Å². The minimum atomic E-state index is -4.36. The quantitative estimate of drug-likeness (QED) is 0.877. The number of hydrogen-bond donors (Lipinski definition) is 1. The van der Waals surface area contributed by atoms with Gasteiger partial charge in [0.15, 0.2) is 0 Å². The lowest BCUT2D eigenvalue weighted by atomic mass is 10.1. The molecule has 0 bridgehead atoms. The smallest absolute Gasteiger partial charge is 0.313 e. The van der Waals surface area contributed by atoms with Crippen LogP contribution in [-0.2, 0) is 19.3 Å². The SMILES string of the molecule is CCNCc1ccc(Cn2cc(C(F)(F)F)cn2)c(Br)c1. The lowest BCUT2D eigenvalue weighted by molar-refractivity contribution is -0.137. The lowest BCUT2D eigenvalue weighted by Crippen LogP contribution is -2.12. The predicted molar refractivity (Wildman–Crippen MR) is 77.9 cm³/mol. The Morgan fingerprint density at radius 1 is 1.33 bits per heavy atom. The number of nitrogens with one attached hydrogen (secondary N) is 1. The Balaban J connectivity index is 2.11. The summed E-state index contributed by atoms with van der Waals surface area (Å²) in [7, 11) is 0. The Labute approximate surface area is 129 Å². The Morgan fingerprint density at radius 2 is 2.10 bits per heavy atom. The average Bonchev–Trinajstić information content (AvgIpc) is 2.88. The van der Waals surface area contributed by atoms with Crippen LogP contribution in [0.3, 0.4) is 0 Å². The number of halogens is 4. The molecule has 0 aliphatic carbocycles. The fraction of sp³-hybridized carbons (Fsp3) is 0.357. The van der Waals surface area contributed by atoms with Crippen molar-refractivity contribution < 1.29 is 13.2 Å². The van der Waals surface area contributed by atoms with Gasteiger partial charge >= 0.3 is 6.18 Å². The van der Waals surface area contributed by atoms with Crippen LogP contribution in [0.15, 0.2) is 35.1 Å². The van der Waals surface area contributed by atoms with E-state index in [1.165, 1.54) is 4.68 Å². The Kier molecular flexibility index (Phi) is 5.05. The van der Waals surface area contributed by atoms with Gasteiger partial charge in [-0.15, -0.1) is 0 Å². The van der Waals surface area contributed by atoms with Crippen LogP contribution < -0.4 is 5.32 Å². The number of aromatic nitrogens is 2. The first-order valence-corrected chi connectivity index (χ1v) is 7.27. The van der Waals surface area contributed by atoms with Crippen molar-refractivity contribution in [1.82, 2.24) is 15.1 Å². The maximum atomic E-state index is 12.5. The molecule has 0 spiro atoms. The second-order valence-electron chi connectivity index (χ2n) is 4.63. The van der Waals surface area contributed by atoms with Crippen molar-refractivity contribution in [3.63, 3.8) is 0 Å². The molecule has 0 radical (unpaired) electrons. The third-order valence-electron chi connectivity index (χ3n) is 2.99. The van der Waals surface area contributed by atoms with Crippen LogP contribution in [0.25, 0.3) is 0 Å². The van der Waals surface area contributed by atoms with Gasteiger partial charge in [-0.1, -0.05) is 35.0 Å². The summed E-state index contributed by atoms with van der Waals surface area (Å²) in [5, 5.41) is 6.97. The van der Waals surface area contributed by atoms with E-state index in [0.717, 1.165) is 41.1 Å². The molecule has 0 atom stereocenters. The Hall–Kier alpha value is -1.34. The summed E-state index contributed by atoms with van der Waals surface area (Å²) >= 11 is 3.45. The van der Waals surface area contributed by atoms with Gasteiger partial charge in [-0.2, -0.15) is 18.3 Å². The molecule has 114 valence electrons. The molecule has 1 aromatic carbocycles.